The number of hydrogen-bond acceptors (Lipinski definition) is 3. The molecule has 1 aliphatic rings. The van der Waals surface area contributed by atoms with Gasteiger partial charge in [-0.05, 0) is 25.0 Å². The molecule has 1 aliphatic heterocycles. The number of nitrogens with two attached hydrogens (primary N) is 1. The zero-order valence-corrected chi connectivity index (χ0v) is 9.23. The normalized spacial score (nSPS) is 17.9. The number of rotatable bonds is 2. The van der Waals surface area contributed by atoms with Crippen LogP contribution in [0.15, 0.2) is 24.3 Å². The number of benzene rings is 1. The number of piperidine rings is 1. The standard InChI is InChI=1S/C13H16N2O/c1-2-11-7-9-15(10-8-11)16-13-6-4-3-5-12(13)14/h1,3-6,11H,7-10,14H2. The minimum atomic E-state index is 0.396. The van der Waals surface area contributed by atoms with Crippen LogP contribution in [-0.2, 0) is 0 Å². The summed E-state index contributed by atoms with van der Waals surface area (Å²) in [4.78, 5) is 5.72. The maximum atomic E-state index is 5.81. The largest absolute Gasteiger partial charge is 0.404 e. The number of hydrogen-bond donors (Lipinski definition) is 1. The van der Waals surface area contributed by atoms with E-state index in [-0.39, 0.29) is 0 Å². The lowest BCUT2D eigenvalue weighted by molar-refractivity contribution is -0.0766. The molecule has 1 fully saturated rings. The first-order valence-corrected chi connectivity index (χ1v) is 5.53. The van der Waals surface area contributed by atoms with Crippen molar-refractivity contribution in [1.29, 1.82) is 0 Å². The van der Waals surface area contributed by atoms with E-state index < -0.39 is 0 Å². The van der Waals surface area contributed by atoms with Crippen LogP contribution in [0.25, 0.3) is 0 Å². The van der Waals surface area contributed by atoms with Gasteiger partial charge < -0.3 is 10.6 Å². The van der Waals surface area contributed by atoms with Gasteiger partial charge in [0, 0.05) is 19.0 Å². The summed E-state index contributed by atoms with van der Waals surface area (Å²) < 4.78 is 0. The van der Waals surface area contributed by atoms with Crippen LogP contribution in [0.1, 0.15) is 12.8 Å². The first-order valence-electron chi connectivity index (χ1n) is 5.53. The first-order chi connectivity index (χ1) is 7.79. The number of terminal acetylenes is 1. The number of hydroxylamine groups is 2. The molecule has 0 spiro atoms. The van der Waals surface area contributed by atoms with E-state index in [0.717, 1.165) is 31.7 Å². The summed E-state index contributed by atoms with van der Waals surface area (Å²) in [6.07, 6.45) is 7.37. The Bertz CT molecular complexity index is 389. The van der Waals surface area contributed by atoms with Crippen molar-refractivity contribution in [3.8, 4) is 18.1 Å². The molecule has 3 heteroatoms. The fraction of sp³-hybridized carbons (Fsp3) is 0.385. The Hall–Kier alpha value is -1.66. The van der Waals surface area contributed by atoms with Gasteiger partial charge >= 0.3 is 0 Å². The smallest absolute Gasteiger partial charge is 0.170 e. The zero-order chi connectivity index (χ0) is 11.4. The lowest BCUT2D eigenvalue weighted by atomic mass is 9.99. The average molecular weight is 216 g/mol. The molecule has 16 heavy (non-hydrogen) atoms. The summed E-state index contributed by atoms with van der Waals surface area (Å²) in [7, 11) is 0. The molecule has 0 amide bonds. The van der Waals surface area contributed by atoms with Crippen LogP contribution in [0.5, 0.6) is 5.75 Å². The highest BCUT2D eigenvalue weighted by Crippen LogP contribution is 2.23. The van der Waals surface area contributed by atoms with Crippen molar-refractivity contribution >= 4 is 5.69 Å². The van der Waals surface area contributed by atoms with Gasteiger partial charge in [-0.1, -0.05) is 12.1 Å². The molecule has 1 aromatic rings. The van der Waals surface area contributed by atoms with Crippen LogP contribution in [0.3, 0.4) is 0 Å². The first kappa shape index (κ1) is 10.8. The Morgan fingerprint density at radius 3 is 2.62 bits per heavy atom. The van der Waals surface area contributed by atoms with E-state index in [0.29, 0.717) is 11.6 Å². The second-order valence-corrected chi connectivity index (χ2v) is 4.00. The highest BCUT2D eigenvalue weighted by atomic mass is 16.7. The molecule has 0 unspecified atom stereocenters. The van der Waals surface area contributed by atoms with Gasteiger partial charge in [0.2, 0.25) is 0 Å². The van der Waals surface area contributed by atoms with E-state index in [2.05, 4.69) is 5.92 Å². The number of nitrogens with zero attached hydrogens (tertiary/aromatic N) is 1. The van der Waals surface area contributed by atoms with Gasteiger partial charge in [-0.2, -0.15) is 0 Å². The molecule has 0 aliphatic carbocycles. The SMILES string of the molecule is C#CC1CCN(Oc2ccccc2N)CC1. The van der Waals surface area contributed by atoms with Gasteiger partial charge in [0.15, 0.2) is 5.75 Å². The van der Waals surface area contributed by atoms with Crippen LogP contribution in [-0.4, -0.2) is 18.2 Å². The molecular weight excluding hydrogens is 200 g/mol. The summed E-state index contributed by atoms with van der Waals surface area (Å²) in [6.45, 7) is 1.73. The molecule has 1 aromatic carbocycles. The number of nitrogen functional groups attached to an aromatic ring is 1. The van der Waals surface area contributed by atoms with E-state index in [9.17, 15) is 0 Å². The topological polar surface area (TPSA) is 38.5 Å². The predicted molar refractivity (Wildman–Crippen MR) is 64.6 cm³/mol. The number of anilines is 1. The molecule has 3 nitrogen and oxygen atoms in total. The molecule has 0 saturated carbocycles. The van der Waals surface area contributed by atoms with Crippen molar-refractivity contribution in [3.05, 3.63) is 24.3 Å². The highest BCUT2D eigenvalue weighted by molar-refractivity contribution is 5.51. The maximum absolute atomic E-state index is 5.81. The third-order valence-corrected chi connectivity index (χ3v) is 2.84. The molecule has 84 valence electrons. The van der Waals surface area contributed by atoms with Gasteiger partial charge in [-0.15, -0.1) is 17.4 Å². The number of para-hydroxylation sites is 2. The van der Waals surface area contributed by atoms with Crippen LogP contribution >= 0.6 is 0 Å². The van der Waals surface area contributed by atoms with Crippen LogP contribution in [0, 0.1) is 18.3 Å². The fourth-order valence-corrected chi connectivity index (χ4v) is 1.82. The summed E-state index contributed by atoms with van der Waals surface area (Å²) in [5, 5.41) is 1.93. The third kappa shape index (κ3) is 2.47. The van der Waals surface area contributed by atoms with E-state index >= 15 is 0 Å². The minimum Gasteiger partial charge on any atom is -0.404 e. The average Bonchev–Trinajstić information content (AvgIpc) is 2.33. The summed E-state index contributed by atoms with van der Waals surface area (Å²) in [6, 6.07) is 7.53. The quantitative estimate of drug-likeness (QED) is 0.606. The molecule has 0 bridgehead atoms. The molecule has 0 aromatic heterocycles. The van der Waals surface area contributed by atoms with E-state index in [1.165, 1.54) is 0 Å². The third-order valence-electron chi connectivity index (χ3n) is 2.84. The van der Waals surface area contributed by atoms with Gasteiger partial charge in [0.05, 0.1) is 5.69 Å². The zero-order valence-electron chi connectivity index (χ0n) is 9.23. The van der Waals surface area contributed by atoms with Gasteiger partial charge in [0.25, 0.3) is 0 Å². The molecule has 1 saturated heterocycles. The molecule has 0 atom stereocenters. The van der Waals surface area contributed by atoms with Crippen molar-refractivity contribution in [2.24, 2.45) is 5.92 Å². The van der Waals surface area contributed by atoms with E-state index in [1.54, 1.807) is 0 Å². The minimum absolute atomic E-state index is 0.396. The molecular formula is C13H16N2O. The summed E-state index contributed by atoms with van der Waals surface area (Å²) >= 11 is 0. The monoisotopic (exact) mass is 216 g/mol. The van der Waals surface area contributed by atoms with Gasteiger partial charge in [-0.3, -0.25) is 0 Å². The van der Waals surface area contributed by atoms with Gasteiger partial charge in [0.1, 0.15) is 0 Å². The Morgan fingerprint density at radius 2 is 2.00 bits per heavy atom. The predicted octanol–water partition coefficient (Wildman–Crippen LogP) is 1.91. The van der Waals surface area contributed by atoms with Crippen molar-refractivity contribution in [2.45, 2.75) is 12.8 Å². The lowest BCUT2D eigenvalue weighted by Crippen LogP contribution is -2.36. The van der Waals surface area contributed by atoms with E-state index in [1.807, 2.05) is 29.3 Å². The van der Waals surface area contributed by atoms with Crippen LogP contribution < -0.4 is 10.6 Å². The van der Waals surface area contributed by atoms with Crippen molar-refractivity contribution < 1.29 is 4.84 Å². The fourth-order valence-electron chi connectivity index (χ4n) is 1.82. The Balaban J connectivity index is 1.93. The molecule has 2 N–H and O–H groups in total. The Labute approximate surface area is 96.1 Å². The maximum Gasteiger partial charge on any atom is 0.170 e. The van der Waals surface area contributed by atoms with Crippen molar-refractivity contribution in [1.82, 2.24) is 5.06 Å². The summed E-state index contributed by atoms with van der Waals surface area (Å²) in [5.41, 5.74) is 6.48. The second kappa shape index (κ2) is 4.91. The molecule has 1 heterocycles. The Morgan fingerprint density at radius 1 is 1.31 bits per heavy atom. The lowest BCUT2D eigenvalue weighted by Gasteiger charge is -2.29. The molecule has 0 radical (unpaired) electrons. The van der Waals surface area contributed by atoms with Crippen molar-refractivity contribution in [2.75, 3.05) is 18.8 Å². The second-order valence-electron chi connectivity index (χ2n) is 4.00. The van der Waals surface area contributed by atoms with Crippen LogP contribution in [0.2, 0.25) is 0 Å². The van der Waals surface area contributed by atoms with Gasteiger partial charge in [-0.25, -0.2) is 0 Å². The van der Waals surface area contributed by atoms with Crippen molar-refractivity contribution in [3.63, 3.8) is 0 Å². The molecule has 2 rings (SSSR count). The van der Waals surface area contributed by atoms with Crippen LogP contribution in [0.4, 0.5) is 5.69 Å². The highest BCUT2D eigenvalue weighted by Gasteiger charge is 2.19. The Kier molecular flexibility index (Phi) is 3.33. The summed E-state index contributed by atoms with van der Waals surface area (Å²) in [5.74, 6) is 3.91. The van der Waals surface area contributed by atoms with E-state index in [4.69, 9.17) is 17.0 Å².